The summed E-state index contributed by atoms with van der Waals surface area (Å²) in [6, 6.07) is 17.4. The topological polar surface area (TPSA) is 44.1 Å². The van der Waals surface area contributed by atoms with E-state index in [1.54, 1.807) is 31.2 Å². The smallest absolute Gasteiger partial charge is 0.357 e. The van der Waals surface area contributed by atoms with E-state index in [1.165, 1.54) is 10.6 Å². The van der Waals surface area contributed by atoms with Gasteiger partial charge >= 0.3 is 5.97 Å². The third kappa shape index (κ3) is 3.86. The van der Waals surface area contributed by atoms with Gasteiger partial charge in [0.05, 0.1) is 17.8 Å². The molecule has 3 aromatic carbocycles. The van der Waals surface area contributed by atoms with Crippen molar-refractivity contribution in [1.82, 2.24) is 9.55 Å². The first-order chi connectivity index (χ1) is 17.3. The number of hydrogen-bond acceptors (Lipinski definition) is 3. The number of para-hydroxylation sites is 1. The Morgan fingerprint density at radius 1 is 0.833 bits per heavy atom. The molecule has 5 rings (SSSR count). The lowest BCUT2D eigenvalue weighted by Crippen LogP contribution is -2.12. The number of nitrogens with zero attached hydrogens (tertiary/aromatic N) is 2. The van der Waals surface area contributed by atoms with Gasteiger partial charge in [-0.05, 0) is 24.6 Å². The normalized spacial score (nSPS) is 11.4. The van der Waals surface area contributed by atoms with Crippen molar-refractivity contribution in [2.75, 3.05) is 0 Å². The van der Waals surface area contributed by atoms with Crippen molar-refractivity contribution < 1.29 is 31.5 Å². The Morgan fingerprint density at radius 2 is 1.44 bits per heavy atom. The van der Waals surface area contributed by atoms with E-state index in [-0.39, 0.29) is 12.3 Å². The Bertz CT molecular complexity index is 1620. The predicted molar refractivity (Wildman–Crippen MR) is 123 cm³/mol. The van der Waals surface area contributed by atoms with Crippen LogP contribution in [-0.4, -0.2) is 15.5 Å². The molecule has 0 aliphatic rings. The summed E-state index contributed by atoms with van der Waals surface area (Å²) in [5.41, 5.74) is 1.02. The zero-order chi connectivity index (χ0) is 25.6. The fourth-order valence-electron chi connectivity index (χ4n) is 4.28. The Morgan fingerprint density at radius 3 is 2.14 bits per heavy atom. The highest BCUT2D eigenvalue weighted by molar-refractivity contribution is 6.10. The van der Waals surface area contributed by atoms with Crippen LogP contribution < -0.4 is 0 Å². The molecule has 36 heavy (non-hydrogen) atoms. The summed E-state index contributed by atoms with van der Waals surface area (Å²) in [6.45, 7) is 0.987. The molecule has 4 nitrogen and oxygen atoms in total. The summed E-state index contributed by atoms with van der Waals surface area (Å²) in [6.07, 6.45) is 0. The number of esters is 1. The summed E-state index contributed by atoms with van der Waals surface area (Å²) < 4.78 is 77.0. The average molecular weight is 496 g/mol. The highest BCUT2D eigenvalue weighted by Crippen LogP contribution is 2.33. The molecule has 0 bridgehead atoms. The molecule has 0 N–H and O–H groups in total. The minimum Gasteiger partial charge on any atom is -0.456 e. The van der Waals surface area contributed by atoms with Crippen LogP contribution >= 0.6 is 0 Å². The molecular weight excluding hydrogens is 479 g/mol. The van der Waals surface area contributed by atoms with Crippen LogP contribution in [0.2, 0.25) is 0 Å². The number of ether oxygens (including phenoxy) is 1. The summed E-state index contributed by atoms with van der Waals surface area (Å²) in [4.78, 5) is 17.0. The Hall–Kier alpha value is -4.27. The monoisotopic (exact) mass is 496 g/mol. The lowest BCUT2D eigenvalue weighted by Gasteiger charge is -2.13. The fraction of sp³-hybridized carbons (Fsp3) is 0.111. The molecule has 5 aromatic rings. The van der Waals surface area contributed by atoms with E-state index in [4.69, 9.17) is 4.74 Å². The molecule has 0 aliphatic carbocycles. The summed E-state index contributed by atoms with van der Waals surface area (Å²) in [7, 11) is 0. The van der Waals surface area contributed by atoms with Gasteiger partial charge in [-0.1, -0.05) is 48.5 Å². The quantitative estimate of drug-likeness (QED) is 0.119. The number of hydrogen-bond donors (Lipinski definition) is 0. The van der Waals surface area contributed by atoms with E-state index in [0.29, 0.717) is 27.5 Å². The molecule has 0 radical (unpaired) electrons. The van der Waals surface area contributed by atoms with Crippen molar-refractivity contribution in [2.24, 2.45) is 0 Å². The minimum absolute atomic E-state index is 0.0232. The first kappa shape index (κ1) is 23.5. The second-order valence-corrected chi connectivity index (χ2v) is 8.20. The maximum absolute atomic E-state index is 14.5. The molecule has 0 unspecified atom stereocenters. The summed E-state index contributed by atoms with van der Waals surface area (Å²) >= 11 is 0. The first-order valence-electron chi connectivity index (χ1n) is 10.9. The number of rotatable bonds is 5. The van der Waals surface area contributed by atoms with Crippen LogP contribution in [0, 0.1) is 36.0 Å². The van der Waals surface area contributed by atoms with Gasteiger partial charge in [0.15, 0.2) is 23.3 Å². The van der Waals surface area contributed by atoms with Crippen LogP contribution in [0.5, 0.6) is 0 Å². The van der Waals surface area contributed by atoms with Gasteiger partial charge in [0.25, 0.3) is 0 Å². The molecule has 0 saturated carbocycles. The fourth-order valence-corrected chi connectivity index (χ4v) is 4.28. The van der Waals surface area contributed by atoms with E-state index < -0.39 is 47.2 Å². The van der Waals surface area contributed by atoms with E-state index >= 15 is 0 Å². The lowest BCUT2D eigenvalue weighted by molar-refractivity contribution is 0.0465. The molecule has 0 amide bonds. The summed E-state index contributed by atoms with van der Waals surface area (Å²) in [5.74, 6) is -10.7. The molecule has 182 valence electrons. The molecule has 0 fully saturated rings. The highest BCUT2D eigenvalue weighted by atomic mass is 19.2. The maximum Gasteiger partial charge on any atom is 0.357 e. The summed E-state index contributed by atoms with van der Waals surface area (Å²) in [5, 5.41) is 1.13. The van der Waals surface area contributed by atoms with Crippen LogP contribution in [0.4, 0.5) is 22.0 Å². The second-order valence-electron chi connectivity index (χ2n) is 8.20. The number of benzene rings is 3. The van der Waals surface area contributed by atoms with Gasteiger partial charge < -0.3 is 9.30 Å². The third-order valence-corrected chi connectivity index (χ3v) is 5.96. The van der Waals surface area contributed by atoms with E-state index in [2.05, 4.69) is 4.98 Å². The Balaban J connectivity index is 1.62. The number of fused-ring (bicyclic) bond motifs is 3. The van der Waals surface area contributed by atoms with Crippen LogP contribution in [0.1, 0.15) is 27.3 Å². The molecule has 9 heteroatoms. The minimum atomic E-state index is -2.22. The molecule has 2 heterocycles. The van der Waals surface area contributed by atoms with E-state index in [0.717, 1.165) is 5.56 Å². The van der Waals surface area contributed by atoms with Gasteiger partial charge in [-0.25, -0.2) is 31.7 Å². The molecular formula is C27H17F5N2O2. The number of aryl methyl sites for hydroxylation is 1. The molecule has 0 aliphatic heterocycles. The number of carbonyl (C=O) groups is 1. The molecule has 0 saturated heterocycles. The largest absolute Gasteiger partial charge is 0.456 e. The highest BCUT2D eigenvalue weighted by Gasteiger charge is 2.27. The van der Waals surface area contributed by atoms with E-state index in [1.807, 2.05) is 30.3 Å². The van der Waals surface area contributed by atoms with Crippen molar-refractivity contribution in [1.29, 1.82) is 0 Å². The third-order valence-electron chi connectivity index (χ3n) is 5.96. The average Bonchev–Trinajstić information content (AvgIpc) is 3.22. The molecule has 0 spiro atoms. The standard InChI is InChI=1S/C27H17F5N2O2/c1-14-26-17(11-19(33-14)27(35)36-13-15-7-3-2-4-8-15)16-9-5-6-10-20(16)34(26)12-18-21(28)23(30)25(32)24(31)22(18)29/h2-11H,12-13H2,1H3. The number of carbonyl (C=O) groups excluding carboxylic acids is 1. The zero-order valence-electron chi connectivity index (χ0n) is 18.8. The van der Waals surface area contributed by atoms with Crippen molar-refractivity contribution in [3.05, 3.63) is 112 Å². The first-order valence-corrected chi connectivity index (χ1v) is 10.9. The predicted octanol–water partition coefficient (Wildman–Crippen LogP) is 6.60. The molecule has 0 atom stereocenters. The van der Waals surface area contributed by atoms with Crippen LogP contribution in [0.25, 0.3) is 21.8 Å². The number of pyridine rings is 1. The van der Waals surface area contributed by atoms with Crippen LogP contribution in [-0.2, 0) is 17.9 Å². The van der Waals surface area contributed by atoms with Gasteiger partial charge in [-0.2, -0.15) is 0 Å². The van der Waals surface area contributed by atoms with Crippen LogP contribution in [0.15, 0.2) is 60.7 Å². The molecule has 2 aromatic heterocycles. The number of aromatic nitrogens is 2. The van der Waals surface area contributed by atoms with Gasteiger partial charge in [0, 0.05) is 21.9 Å². The lowest BCUT2D eigenvalue weighted by atomic mass is 10.1. The second kappa shape index (κ2) is 9.07. The van der Waals surface area contributed by atoms with Crippen molar-refractivity contribution >= 4 is 27.8 Å². The van der Waals surface area contributed by atoms with Crippen molar-refractivity contribution in [3.63, 3.8) is 0 Å². The van der Waals surface area contributed by atoms with Gasteiger partial charge in [0.1, 0.15) is 12.3 Å². The van der Waals surface area contributed by atoms with Crippen molar-refractivity contribution in [2.45, 2.75) is 20.1 Å². The van der Waals surface area contributed by atoms with Gasteiger partial charge in [-0.15, -0.1) is 0 Å². The van der Waals surface area contributed by atoms with Crippen molar-refractivity contribution in [3.8, 4) is 0 Å². The maximum atomic E-state index is 14.5. The van der Waals surface area contributed by atoms with Gasteiger partial charge in [0.2, 0.25) is 5.82 Å². The van der Waals surface area contributed by atoms with Gasteiger partial charge in [-0.3, -0.25) is 0 Å². The van der Waals surface area contributed by atoms with E-state index in [9.17, 15) is 26.7 Å². The zero-order valence-corrected chi connectivity index (χ0v) is 18.8. The van der Waals surface area contributed by atoms with Crippen LogP contribution in [0.3, 0.4) is 0 Å². The Labute approximate surface area is 201 Å². The Kier molecular flexibility index (Phi) is 5.91. The SMILES string of the molecule is Cc1nc(C(=O)OCc2ccccc2)cc2c3ccccc3n(Cc3c(F)c(F)c(F)c(F)c3F)c12. The number of halogens is 5.